The highest BCUT2D eigenvalue weighted by atomic mass is 16.3. The van der Waals surface area contributed by atoms with Crippen molar-refractivity contribution in [2.24, 2.45) is 11.8 Å². The molecule has 2 aliphatic heterocycles. The lowest BCUT2D eigenvalue weighted by molar-refractivity contribution is 0.0773. The standard InChI is InChI=1S/C19H25N5O2/c1-2-16-17(22-13-26-16)18(25)24-11-6-15(12-24)14-4-9-23(10-5-14)19-20-7-3-8-21-19/h3,7-8,13-15H,2,4-6,9-12H2,1H3. The Morgan fingerprint density at radius 2 is 1.85 bits per heavy atom. The van der Waals surface area contributed by atoms with Crippen molar-refractivity contribution in [3.05, 3.63) is 36.3 Å². The second kappa shape index (κ2) is 7.43. The fourth-order valence-electron chi connectivity index (χ4n) is 4.23. The van der Waals surface area contributed by atoms with Crippen molar-refractivity contribution in [2.75, 3.05) is 31.1 Å². The van der Waals surface area contributed by atoms with E-state index in [1.807, 2.05) is 17.9 Å². The van der Waals surface area contributed by atoms with Gasteiger partial charge in [0.25, 0.3) is 5.91 Å². The van der Waals surface area contributed by atoms with E-state index in [-0.39, 0.29) is 5.91 Å². The minimum absolute atomic E-state index is 0.0215. The van der Waals surface area contributed by atoms with Gasteiger partial charge in [0.1, 0.15) is 5.76 Å². The molecule has 1 unspecified atom stereocenters. The highest BCUT2D eigenvalue weighted by Crippen LogP contribution is 2.33. The SMILES string of the molecule is CCc1ocnc1C(=O)N1CCC(C2CCN(c3ncccn3)CC2)C1. The summed E-state index contributed by atoms with van der Waals surface area (Å²) in [6.07, 6.45) is 9.01. The van der Waals surface area contributed by atoms with Crippen molar-refractivity contribution in [1.82, 2.24) is 19.9 Å². The molecule has 2 aromatic rings. The van der Waals surface area contributed by atoms with Gasteiger partial charge in [-0.2, -0.15) is 0 Å². The highest BCUT2D eigenvalue weighted by Gasteiger charge is 2.35. The van der Waals surface area contributed by atoms with E-state index in [0.29, 0.717) is 29.7 Å². The molecule has 7 heteroatoms. The third kappa shape index (κ3) is 3.30. The van der Waals surface area contributed by atoms with Crippen LogP contribution >= 0.6 is 0 Å². The molecule has 138 valence electrons. The molecule has 0 aliphatic carbocycles. The zero-order valence-corrected chi connectivity index (χ0v) is 15.2. The second-order valence-corrected chi connectivity index (χ2v) is 7.15. The molecule has 0 aromatic carbocycles. The number of carbonyl (C=O) groups excluding carboxylic acids is 1. The Kier molecular flexibility index (Phi) is 4.86. The predicted molar refractivity (Wildman–Crippen MR) is 96.9 cm³/mol. The number of amides is 1. The van der Waals surface area contributed by atoms with Crippen LogP contribution in [0.4, 0.5) is 5.95 Å². The van der Waals surface area contributed by atoms with E-state index in [1.54, 1.807) is 12.4 Å². The van der Waals surface area contributed by atoms with Crippen LogP contribution in [0.15, 0.2) is 29.3 Å². The molecular formula is C19H25N5O2. The maximum Gasteiger partial charge on any atom is 0.276 e. The molecule has 2 fully saturated rings. The normalized spacial score (nSPS) is 21.3. The second-order valence-electron chi connectivity index (χ2n) is 7.15. The van der Waals surface area contributed by atoms with E-state index in [4.69, 9.17) is 4.42 Å². The van der Waals surface area contributed by atoms with Gasteiger partial charge in [0.05, 0.1) is 0 Å². The van der Waals surface area contributed by atoms with E-state index in [2.05, 4.69) is 19.9 Å². The quantitative estimate of drug-likeness (QED) is 0.838. The molecular weight excluding hydrogens is 330 g/mol. The molecule has 4 rings (SSSR count). The van der Waals surface area contributed by atoms with Gasteiger partial charge in [-0.05, 0) is 37.2 Å². The molecule has 0 N–H and O–H groups in total. The number of carbonyl (C=O) groups is 1. The first-order valence-electron chi connectivity index (χ1n) is 9.50. The summed E-state index contributed by atoms with van der Waals surface area (Å²) in [5.74, 6) is 2.78. The van der Waals surface area contributed by atoms with Gasteiger partial charge in [-0.1, -0.05) is 6.92 Å². The lowest BCUT2D eigenvalue weighted by Gasteiger charge is -2.34. The van der Waals surface area contributed by atoms with Gasteiger partial charge in [0, 0.05) is 45.0 Å². The fourth-order valence-corrected chi connectivity index (χ4v) is 4.23. The molecule has 2 aliphatic rings. The number of anilines is 1. The van der Waals surface area contributed by atoms with E-state index in [1.165, 1.54) is 6.39 Å². The zero-order chi connectivity index (χ0) is 17.9. The van der Waals surface area contributed by atoms with Gasteiger partial charge < -0.3 is 14.2 Å². The minimum Gasteiger partial charge on any atom is -0.448 e. The minimum atomic E-state index is 0.0215. The van der Waals surface area contributed by atoms with Crippen LogP contribution in [0.25, 0.3) is 0 Å². The Labute approximate surface area is 153 Å². The summed E-state index contributed by atoms with van der Waals surface area (Å²) in [7, 11) is 0. The van der Waals surface area contributed by atoms with Crippen molar-refractivity contribution >= 4 is 11.9 Å². The van der Waals surface area contributed by atoms with Crippen LogP contribution in [-0.2, 0) is 6.42 Å². The summed E-state index contributed by atoms with van der Waals surface area (Å²) in [5, 5.41) is 0. The van der Waals surface area contributed by atoms with Gasteiger partial charge in [0.15, 0.2) is 12.1 Å². The summed E-state index contributed by atoms with van der Waals surface area (Å²) in [6.45, 7) is 5.61. The molecule has 0 bridgehead atoms. The van der Waals surface area contributed by atoms with Gasteiger partial charge >= 0.3 is 0 Å². The lowest BCUT2D eigenvalue weighted by Crippen LogP contribution is -2.38. The Hall–Kier alpha value is -2.44. The fraction of sp³-hybridized carbons (Fsp3) is 0.579. The Morgan fingerprint density at radius 1 is 1.12 bits per heavy atom. The molecule has 2 aromatic heterocycles. The molecule has 0 spiro atoms. The van der Waals surface area contributed by atoms with Crippen LogP contribution in [0.2, 0.25) is 0 Å². The van der Waals surface area contributed by atoms with E-state index < -0.39 is 0 Å². The van der Waals surface area contributed by atoms with E-state index in [0.717, 1.165) is 51.4 Å². The number of likely N-dealkylation sites (tertiary alicyclic amines) is 1. The molecule has 7 nitrogen and oxygen atoms in total. The largest absolute Gasteiger partial charge is 0.448 e. The summed E-state index contributed by atoms with van der Waals surface area (Å²) < 4.78 is 5.32. The highest BCUT2D eigenvalue weighted by molar-refractivity contribution is 5.93. The molecule has 4 heterocycles. The molecule has 1 amide bonds. The van der Waals surface area contributed by atoms with Crippen LogP contribution < -0.4 is 4.90 Å². The molecule has 0 radical (unpaired) electrons. The van der Waals surface area contributed by atoms with Gasteiger partial charge in [-0.15, -0.1) is 0 Å². The topological polar surface area (TPSA) is 75.4 Å². The zero-order valence-electron chi connectivity index (χ0n) is 15.2. The smallest absolute Gasteiger partial charge is 0.276 e. The monoisotopic (exact) mass is 355 g/mol. The van der Waals surface area contributed by atoms with Crippen molar-refractivity contribution in [1.29, 1.82) is 0 Å². The molecule has 1 atom stereocenters. The summed E-state index contributed by atoms with van der Waals surface area (Å²) >= 11 is 0. The average molecular weight is 355 g/mol. The number of hydrogen-bond donors (Lipinski definition) is 0. The number of nitrogens with zero attached hydrogens (tertiary/aromatic N) is 5. The molecule has 26 heavy (non-hydrogen) atoms. The third-order valence-corrected chi connectivity index (χ3v) is 5.72. The van der Waals surface area contributed by atoms with Gasteiger partial charge in [-0.25, -0.2) is 15.0 Å². The maximum absolute atomic E-state index is 12.7. The first kappa shape index (κ1) is 17.0. The Bertz CT molecular complexity index is 739. The van der Waals surface area contributed by atoms with Crippen molar-refractivity contribution in [3.8, 4) is 0 Å². The van der Waals surface area contributed by atoms with Crippen LogP contribution in [-0.4, -0.2) is 51.9 Å². The molecule has 0 saturated carbocycles. The number of piperidine rings is 1. The average Bonchev–Trinajstić information content (AvgIpc) is 3.38. The van der Waals surface area contributed by atoms with E-state index in [9.17, 15) is 4.79 Å². The molecule has 2 saturated heterocycles. The van der Waals surface area contributed by atoms with E-state index >= 15 is 0 Å². The number of rotatable bonds is 4. The number of oxazole rings is 1. The van der Waals surface area contributed by atoms with Gasteiger partial charge in [0.2, 0.25) is 5.95 Å². The number of aryl methyl sites for hydroxylation is 1. The van der Waals surface area contributed by atoms with Crippen molar-refractivity contribution in [2.45, 2.75) is 32.6 Å². The maximum atomic E-state index is 12.7. The van der Waals surface area contributed by atoms with Crippen LogP contribution in [0.5, 0.6) is 0 Å². The Morgan fingerprint density at radius 3 is 2.58 bits per heavy atom. The summed E-state index contributed by atoms with van der Waals surface area (Å²) in [6, 6.07) is 1.85. The van der Waals surface area contributed by atoms with Crippen LogP contribution in [0.3, 0.4) is 0 Å². The lowest BCUT2D eigenvalue weighted by atomic mass is 9.84. The first-order chi connectivity index (χ1) is 12.8. The Balaban J connectivity index is 1.33. The van der Waals surface area contributed by atoms with Crippen LogP contribution in [0, 0.1) is 11.8 Å². The first-order valence-corrected chi connectivity index (χ1v) is 9.50. The number of aromatic nitrogens is 3. The van der Waals surface area contributed by atoms with Crippen molar-refractivity contribution in [3.63, 3.8) is 0 Å². The summed E-state index contributed by atoms with van der Waals surface area (Å²) in [4.78, 5) is 29.8. The van der Waals surface area contributed by atoms with Crippen molar-refractivity contribution < 1.29 is 9.21 Å². The van der Waals surface area contributed by atoms with Crippen LogP contribution in [0.1, 0.15) is 42.4 Å². The summed E-state index contributed by atoms with van der Waals surface area (Å²) in [5.41, 5.74) is 0.490. The van der Waals surface area contributed by atoms with Gasteiger partial charge in [-0.3, -0.25) is 4.79 Å². The third-order valence-electron chi connectivity index (χ3n) is 5.72. The number of hydrogen-bond acceptors (Lipinski definition) is 6. The predicted octanol–water partition coefficient (Wildman–Crippen LogP) is 2.41.